The number of nitrogens with one attached hydrogen (secondary N) is 1. The van der Waals surface area contributed by atoms with E-state index in [9.17, 15) is 0 Å². The molecule has 1 N–H and O–H groups in total. The van der Waals surface area contributed by atoms with Gasteiger partial charge in [-0.25, -0.2) is 0 Å². The van der Waals surface area contributed by atoms with Crippen LogP contribution in [-0.4, -0.2) is 5.54 Å². The van der Waals surface area contributed by atoms with Crippen molar-refractivity contribution in [3.63, 3.8) is 0 Å². The van der Waals surface area contributed by atoms with E-state index in [1.807, 2.05) is 11.3 Å². The molecule has 0 atom stereocenters. The van der Waals surface area contributed by atoms with Crippen molar-refractivity contribution < 1.29 is 0 Å². The molecule has 0 amide bonds. The van der Waals surface area contributed by atoms with Gasteiger partial charge in [0.1, 0.15) is 0 Å². The van der Waals surface area contributed by atoms with Crippen LogP contribution in [0.2, 0.25) is 0 Å². The van der Waals surface area contributed by atoms with E-state index in [4.69, 9.17) is 0 Å². The Bertz CT molecular complexity index is 315. The summed E-state index contributed by atoms with van der Waals surface area (Å²) in [7, 11) is 0. The SMILES string of the molecule is CC(C)(NCc1sccc1Br)C1CC1. The maximum Gasteiger partial charge on any atom is 0.0327 e. The fourth-order valence-electron chi connectivity index (χ4n) is 1.71. The zero-order valence-electron chi connectivity index (χ0n) is 8.64. The van der Waals surface area contributed by atoms with Crippen LogP contribution in [0, 0.1) is 5.92 Å². The Labute approximate surface area is 98.0 Å². The first-order chi connectivity index (χ1) is 6.59. The van der Waals surface area contributed by atoms with E-state index in [2.05, 4.69) is 46.5 Å². The summed E-state index contributed by atoms with van der Waals surface area (Å²) in [5, 5.41) is 5.77. The average Bonchev–Trinajstić information content (AvgIpc) is 2.89. The van der Waals surface area contributed by atoms with E-state index >= 15 is 0 Å². The van der Waals surface area contributed by atoms with E-state index in [0.29, 0.717) is 5.54 Å². The Balaban J connectivity index is 1.90. The van der Waals surface area contributed by atoms with Crippen LogP contribution < -0.4 is 5.32 Å². The van der Waals surface area contributed by atoms with E-state index in [1.54, 1.807) is 0 Å². The highest BCUT2D eigenvalue weighted by Gasteiger charge is 2.37. The Morgan fingerprint density at radius 3 is 2.79 bits per heavy atom. The molecule has 78 valence electrons. The summed E-state index contributed by atoms with van der Waals surface area (Å²) >= 11 is 5.37. The lowest BCUT2D eigenvalue weighted by Crippen LogP contribution is -2.40. The monoisotopic (exact) mass is 273 g/mol. The lowest BCUT2D eigenvalue weighted by Gasteiger charge is -2.26. The molecule has 0 saturated heterocycles. The van der Waals surface area contributed by atoms with Crippen LogP contribution in [0.15, 0.2) is 15.9 Å². The van der Waals surface area contributed by atoms with Crippen LogP contribution in [0.4, 0.5) is 0 Å². The third-order valence-electron chi connectivity index (χ3n) is 2.99. The molecule has 1 aliphatic rings. The molecule has 2 rings (SSSR count). The van der Waals surface area contributed by atoms with Crippen molar-refractivity contribution in [3.8, 4) is 0 Å². The van der Waals surface area contributed by atoms with E-state index in [1.165, 1.54) is 22.2 Å². The van der Waals surface area contributed by atoms with Crippen LogP contribution in [0.3, 0.4) is 0 Å². The summed E-state index contributed by atoms with van der Waals surface area (Å²) in [6.07, 6.45) is 2.79. The zero-order chi connectivity index (χ0) is 10.2. The van der Waals surface area contributed by atoms with E-state index < -0.39 is 0 Å². The molecule has 1 nitrogen and oxygen atoms in total. The molecule has 0 radical (unpaired) electrons. The molecule has 1 aromatic rings. The van der Waals surface area contributed by atoms with Gasteiger partial charge >= 0.3 is 0 Å². The minimum atomic E-state index is 0.309. The van der Waals surface area contributed by atoms with Crippen molar-refractivity contribution in [2.24, 2.45) is 5.92 Å². The normalized spacial score (nSPS) is 17.4. The van der Waals surface area contributed by atoms with Crippen LogP contribution in [0.5, 0.6) is 0 Å². The third kappa shape index (κ3) is 2.38. The van der Waals surface area contributed by atoms with Crippen molar-refractivity contribution in [2.45, 2.75) is 38.8 Å². The summed E-state index contributed by atoms with van der Waals surface area (Å²) in [5.74, 6) is 0.890. The molecular weight excluding hydrogens is 258 g/mol. The standard InChI is InChI=1S/C11H16BrNS/c1-11(2,8-3-4-8)13-7-10-9(12)5-6-14-10/h5-6,8,13H,3-4,7H2,1-2H3. The van der Waals surface area contributed by atoms with Gasteiger partial charge in [0.2, 0.25) is 0 Å². The maximum atomic E-state index is 3.64. The zero-order valence-corrected chi connectivity index (χ0v) is 11.0. The smallest absolute Gasteiger partial charge is 0.0327 e. The lowest BCUT2D eigenvalue weighted by atomic mass is 9.99. The molecule has 1 aliphatic carbocycles. The van der Waals surface area contributed by atoms with Crippen molar-refractivity contribution in [2.75, 3.05) is 0 Å². The fraction of sp³-hybridized carbons (Fsp3) is 0.636. The molecule has 0 aromatic carbocycles. The summed E-state index contributed by atoms with van der Waals surface area (Å²) in [6.45, 7) is 5.61. The number of hydrogen-bond acceptors (Lipinski definition) is 2. The molecule has 0 bridgehead atoms. The van der Waals surface area contributed by atoms with Crippen LogP contribution in [0.1, 0.15) is 31.6 Å². The van der Waals surface area contributed by atoms with Crippen LogP contribution in [0.25, 0.3) is 0 Å². The molecule has 0 aliphatic heterocycles. The molecule has 1 aromatic heterocycles. The second-order valence-corrected chi connectivity index (χ2v) is 6.40. The minimum absolute atomic E-state index is 0.309. The minimum Gasteiger partial charge on any atom is -0.307 e. The van der Waals surface area contributed by atoms with Crippen molar-refractivity contribution in [1.29, 1.82) is 0 Å². The number of rotatable bonds is 4. The first kappa shape index (κ1) is 10.7. The topological polar surface area (TPSA) is 12.0 Å². The number of thiophene rings is 1. The van der Waals surface area contributed by atoms with Gasteiger partial charge in [0.15, 0.2) is 0 Å². The maximum absolute atomic E-state index is 3.64. The highest BCUT2D eigenvalue weighted by molar-refractivity contribution is 9.10. The number of hydrogen-bond donors (Lipinski definition) is 1. The van der Waals surface area contributed by atoms with Gasteiger partial charge in [-0.15, -0.1) is 11.3 Å². The molecule has 0 unspecified atom stereocenters. The Kier molecular flexibility index (Phi) is 3.01. The molecule has 3 heteroatoms. The molecule has 14 heavy (non-hydrogen) atoms. The largest absolute Gasteiger partial charge is 0.307 e. The molecule has 1 saturated carbocycles. The Morgan fingerprint density at radius 1 is 1.57 bits per heavy atom. The fourth-order valence-corrected chi connectivity index (χ4v) is 3.14. The summed E-state index contributed by atoms with van der Waals surface area (Å²) in [4.78, 5) is 1.40. The quantitative estimate of drug-likeness (QED) is 0.880. The molecule has 1 fully saturated rings. The molecule has 1 heterocycles. The van der Waals surface area contributed by atoms with Gasteiger partial charge in [0.05, 0.1) is 0 Å². The second kappa shape index (κ2) is 3.95. The molecule has 0 spiro atoms. The predicted molar refractivity (Wildman–Crippen MR) is 65.7 cm³/mol. The van der Waals surface area contributed by atoms with Gasteiger partial charge in [0.25, 0.3) is 0 Å². The average molecular weight is 274 g/mol. The van der Waals surface area contributed by atoms with Gasteiger partial charge in [-0.3, -0.25) is 0 Å². The van der Waals surface area contributed by atoms with Gasteiger partial charge in [0, 0.05) is 21.4 Å². The van der Waals surface area contributed by atoms with E-state index in [-0.39, 0.29) is 0 Å². The summed E-state index contributed by atoms with van der Waals surface area (Å²) in [6, 6.07) is 2.12. The second-order valence-electron chi connectivity index (χ2n) is 4.54. The lowest BCUT2D eigenvalue weighted by molar-refractivity contribution is 0.340. The Hall–Kier alpha value is 0.140. The predicted octanol–water partition coefficient (Wildman–Crippen LogP) is 3.79. The molecular formula is C11H16BrNS. The first-order valence-electron chi connectivity index (χ1n) is 5.06. The number of halogens is 1. The van der Waals surface area contributed by atoms with Gasteiger partial charge in [-0.05, 0) is 60.0 Å². The van der Waals surface area contributed by atoms with Crippen molar-refractivity contribution >= 4 is 27.3 Å². The van der Waals surface area contributed by atoms with Gasteiger partial charge < -0.3 is 5.32 Å². The highest BCUT2D eigenvalue weighted by Crippen LogP contribution is 2.39. The van der Waals surface area contributed by atoms with Crippen molar-refractivity contribution in [3.05, 3.63) is 20.8 Å². The summed E-state index contributed by atoms with van der Waals surface area (Å²) < 4.78 is 1.24. The third-order valence-corrected chi connectivity index (χ3v) is 4.92. The van der Waals surface area contributed by atoms with Crippen LogP contribution in [-0.2, 0) is 6.54 Å². The Morgan fingerprint density at radius 2 is 2.29 bits per heavy atom. The van der Waals surface area contributed by atoms with Gasteiger partial charge in [-0.2, -0.15) is 0 Å². The van der Waals surface area contributed by atoms with Gasteiger partial charge in [-0.1, -0.05) is 0 Å². The van der Waals surface area contributed by atoms with Crippen LogP contribution >= 0.6 is 27.3 Å². The summed E-state index contributed by atoms with van der Waals surface area (Å²) in [5.41, 5.74) is 0.309. The van der Waals surface area contributed by atoms with Crippen molar-refractivity contribution in [1.82, 2.24) is 5.32 Å². The first-order valence-corrected chi connectivity index (χ1v) is 6.74. The highest BCUT2D eigenvalue weighted by atomic mass is 79.9. The van der Waals surface area contributed by atoms with E-state index in [0.717, 1.165) is 12.5 Å².